The van der Waals surface area contributed by atoms with Crippen LogP contribution in [-0.4, -0.2) is 22.2 Å². The second-order valence-electron chi connectivity index (χ2n) is 6.23. The summed E-state index contributed by atoms with van der Waals surface area (Å²) in [6, 6.07) is 12.2. The highest BCUT2D eigenvalue weighted by Crippen LogP contribution is 2.38. The quantitative estimate of drug-likeness (QED) is 0.494. The summed E-state index contributed by atoms with van der Waals surface area (Å²) in [5.74, 6) is -0.186. The van der Waals surface area contributed by atoms with Crippen molar-refractivity contribution in [2.24, 2.45) is 0 Å². The lowest BCUT2D eigenvalue weighted by atomic mass is 10.0. The highest BCUT2D eigenvalue weighted by molar-refractivity contribution is 7.98. The molecule has 0 bridgehead atoms. The van der Waals surface area contributed by atoms with Gasteiger partial charge in [0.15, 0.2) is 0 Å². The fourth-order valence-electron chi connectivity index (χ4n) is 3.36. The van der Waals surface area contributed by atoms with Crippen LogP contribution in [0.2, 0.25) is 10.0 Å². The van der Waals surface area contributed by atoms with Crippen LogP contribution in [0.25, 0.3) is 11.3 Å². The largest absolute Gasteiger partial charge is 0.325 e. The molecule has 1 aliphatic heterocycles. The fourth-order valence-corrected chi connectivity index (χ4v) is 4.03. The van der Waals surface area contributed by atoms with Crippen molar-refractivity contribution < 1.29 is 9.48 Å². The lowest BCUT2D eigenvalue weighted by Gasteiger charge is -2.31. The number of aromatic amines is 1. The Kier molecular flexibility index (Phi) is 4.91. The van der Waals surface area contributed by atoms with E-state index >= 15 is 0 Å². The zero-order chi connectivity index (χ0) is 20.0. The van der Waals surface area contributed by atoms with Gasteiger partial charge in [-0.15, -0.1) is 0 Å². The minimum absolute atomic E-state index is 0.186. The number of carbonyl (C=O) groups is 1. The maximum Gasteiger partial charge on any atom is 0.325 e. The van der Waals surface area contributed by atoms with Crippen LogP contribution >= 0.6 is 35.0 Å². The maximum absolute atomic E-state index is 12.9. The third kappa shape index (κ3) is 3.09. The molecule has 28 heavy (non-hydrogen) atoms. The number of hydrogen-bond acceptors (Lipinski definition) is 4. The number of H-pyrrole nitrogens is 1. The minimum atomic E-state index is -0.633. The lowest BCUT2D eigenvalue weighted by molar-refractivity contribution is -0.763. The van der Waals surface area contributed by atoms with E-state index in [-0.39, 0.29) is 11.5 Å². The van der Waals surface area contributed by atoms with E-state index in [4.69, 9.17) is 23.2 Å². The molecule has 0 unspecified atom stereocenters. The van der Waals surface area contributed by atoms with Gasteiger partial charge in [0.1, 0.15) is 0 Å². The molecule has 0 radical (unpaired) electrons. The zero-order valence-electron chi connectivity index (χ0n) is 14.9. The summed E-state index contributed by atoms with van der Waals surface area (Å²) in [5, 5.41) is 6.08. The molecular formula is C19H15Cl2N4O2S+. The molecule has 3 aromatic rings. The molecule has 0 saturated heterocycles. The topological polar surface area (TPSA) is 69.9 Å². The predicted molar refractivity (Wildman–Crippen MR) is 110 cm³/mol. The van der Waals surface area contributed by atoms with E-state index in [2.05, 4.69) is 10.1 Å². The van der Waals surface area contributed by atoms with E-state index in [9.17, 15) is 9.59 Å². The van der Waals surface area contributed by atoms with E-state index < -0.39 is 6.17 Å². The number of halogens is 2. The van der Waals surface area contributed by atoms with Gasteiger partial charge in [0.25, 0.3) is 6.17 Å². The maximum atomic E-state index is 12.9. The lowest BCUT2D eigenvalue weighted by Crippen LogP contribution is -2.60. The Labute approximate surface area is 175 Å². The van der Waals surface area contributed by atoms with Gasteiger partial charge in [-0.1, -0.05) is 35.0 Å². The van der Waals surface area contributed by atoms with Gasteiger partial charge in [-0.2, -0.15) is 0 Å². The number of thioether (sulfide) groups is 1. The molecule has 4 rings (SSSR count). The predicted octanol–water partition coefficient (Wildman–Crippen LogP) is 3.67. The van der Waals surface area contributed by atoms with Crippen molar-refractivity contribution >= 4 is 46.6 Å². The number of nitrogens with one attached hydrogen (secondary N) is 1. The molecule has 6 nitrogen and oxygen atoms in total. The molecule has 1 aromatic heterocycles. The Hall–Kier alpha value is -2.35. The summed E-state index contributed by atoms with van der Waals surface area (Å²) in [4.78, 5) is 30.0. The van der Waals surface area contributed by atoms with Gasteiger partial charge >= 0.3 is 11.3 Å². The molecule has 0 saturated carbocycles. The van der Waals surface area contributed by atoms with Crippen molar-refractivity contribution in [2.75, 3.05) is 11.2 Å². The number of hydrogen-bond donors (Lipinski definition) is 1. The average Bonchev–Trinajstić information content (AvgIpc) is 2.67. The number of rotatable bonds is 2. The van der Waals surface area contributed by atoms with E-state index in [0.29, 0.717) is 32.1 Å². The molecule has 1 N–H and O–H groups in total. The summed E-state index contributed by atoms with van der Waals surface area (Å²) in [7, 11) is 0. The average molecular weight is 434 g/mol. The monoisotopic (exact) mass is 433 g/mol. The molecule has 1 atom stereocenters. The van der Waals surface area contributed by atoms with Gasteiger partial charge in [0.05, 0.1) is 11.3 Å². The van der Waals surface area contributed by atoms with E-state index in [1.165, 1.54) is 18.7 Å². The van der Waals surface area contributed by atoms with Crippen LogP contribution in [-0.2, 0) is 4.79 Å². The van der Waals surface area contributed by atoms with E-state index in [1.54, 1.807) is 39.9 Å². The van der Waals surface area contributed by atoms with Crippen molar-refractivity contribution in [2.45, 2.75) is 18.2 Å². The number of nitrogens with zero attached hydrogens (tertiary/aromatic N) is 3. The Morgan fingerprint density at radius 1 is 1.18 bits per heavy atom. The Balaban J connectivity index is 2.10. The molecule has 0 aliphatic carbocycles. The molecule has 0 fully saturated rings. The second kappa shape index (κ2) is 7.24. The van der Waals surface area contributed by atoms with Crippen molar-refractivity contribution in [1.29, 1.82) is 0 Å². The van der Waals surface area contributed by atoms with E-state index in [1.807, 2.05) is 18.4 Å². The number of benzene rings is 2. The highest BCUT2D eigenvalue weighted by Gasteiger charge is 2.44. The SMILES string of the molecule is CSc1n[n+]2c(c(=O)[nH]1)-c1cc(Cl)ccc1N(C(C)=O)[C@@H]2c1ccc(Cl)cc1. The fraction of sp³-hybridized carbons (Fsp3) is 0.158. The van der Waals surface area contributed by atoms with Crippen molar-refractivity contribution in [3.8, 4) is 11.3 Å². The smallest absolute Gasteiger partial charge is 0.291 e. The molecule has 1 aliphatic rings. The van der Waals surface area contributed by atoms with Gasteiger partial charge in [0.2, 0.25) is 11.1 Å². The van der Waals surface area contributed by atoms with Gasteiger partial charge in [0, 0.05) is 27.6 Å². The molecular weight excluding hydrogens is 419 g/mol. The van der Waals surface area contributed by atoms with Crippen molar-refractivity contribution in [3.63, 3.8) is 0 Å². The van der Waals surface area contributed by atoms with Crippen LogP contribution in [0.1, 0.15) is 18.7 Å². The standard InChI is InChI=1S/C19H14Cl2N4O2S/c1-10(26)24-15-8-7-13(21)9-14(15)16-17(27)22-19(28-2)23-25(16)18(24)11-3-5-12(20)6-4-11/h3-9,18H,1-2H3/p+1/t18-/m0/s1. The van der Waals surface area contributed by atoms with Crippen molar-refractivity contribution in [3.05, 3.63) is 68.4 Å². The van der Waals surface area contributed by atoms with Crippen LogP contribution in [0, 0.1) is 0 Å². The summed E-state index contributed by atoms with van der Waals surface area (Å²) in [6.45, 7) is 1.48. The van der Waals surface area contributed by atoms with Crippen LogP contribution < -0.4 is 15.1 Å². The molecule has 9 heteroatoms. The summed E-state index contributed by atoms with van der Waals surface area (Å²) in [6.07, 6.45) is 1.19. The van der Waals surface area contributed by atoms with Gasteiger partial charge in [-0.05, 0) is 53.4 Å². The number of carbonyl (C=O) groups excluding carboxylic acids is 1. The highest BCUT2D eigenvalue weighted by atomic mass is 35.5. The normalized spacial score (nSPS) is 15.1. The van der Waals surface area contributed by atoms with Crippen LogP contribution in [0.3, 0.4) is 0 Å². The zero-order valence-corrected chi connectivity index (χ0v) is 17.3. The molecule has 1 amide bonds. The number of anilines is 1. The Bertz CT molecular complexity index is 1150. The van der Waals surface area contributed by atoms with Crippen molar-refractivity contribution in [1.82, 2.24) is 10.1 Å². The first kappa shape index (κ1) is 19.0. The third-order valence-electron chi connectivity index (χ3n) is 4.51. The summed E-state index contributed by atoms with van der Waals surface area (Å²) >= 11 is 13.5. The number of fused-ring (bicyclic) bond motifs is 3. The Morgan fingerprint density at radius 2 is 1.86 bits per heavy atom. The number of aromatic nitrogens is 3. The molecule has 2 aromatic carbocycles. The van der Waals surface area contributed by atoms with Gasteiger partial charge in [-0.25, -0.2) is 4.90 Å². The molecule has 142 valence electrons. The molecule has 2 heterocycles. The van der Waals surface area contributed by atoms with Crippen LogP contribution in [0.4, 0.5) is 5.69 Å². The first-order valence-corrected chi connectivity index (χ1v) is 10.3. The summed E-state index contributed by atoms with van der Waals surface area (Å²) in [5.41, 5.74) is 1.96. The first-order chi connectivity index (χ1) is 13.4. The van der Waals surface area contributed by atoms with E-state index in [0.717, 1.165) is 5.56 Å². The summed E-state index contributed by atoms with van der Waals surface area (Å²) < 4.78 is 1.58. The molecule has 0 spiro atoms. The van der Waals surface area contributed by atoms with Gasteiger partial charge in [-0.3, -0.25) is 14.6 Å². The minimum Gasteiger partial charge on any atom is -0.291 e. The van der Waals surface area contributed by atoms with Crippen LogP contribution in [0.15, 0.2) is 52.4 Å². The first-order valence-electron chi connectivity index (χ1n) is 8.36. The Morgan fingerprint density at radius 3 is 2.50 bits per heavy atom. The second-order valence-corrected chi connectivity index (χ2v) is 7.90. The third-order valence-corrected chi connectivity index (χ3v) is 5.57. The van der Waals surface area contributed by atoms with Gasteiger partial charge < -0.3 is 0 Å². The van der Waals surface area contributed by atoms with Crippen LogP contribution in [0.5, 0.6) is 0 Å². The number of amides is 1.